The van der Waals surface area contributed by atoms with E-state index < -0.39 is 121 Å². The molecule has 3 N–H and O–H groups in total. The summed E-state index contributed by atoms with van der Waals surface area (Å²) in [7, 11) is 0. The van der Waals surface area contributed by atoms with Gasteiger partial charge in [0.25, 0.3) is 0 Å². The second kappa shape index (κ2) is 18.0. The predicted molar refractivity (Wildman–Crippen MR) is 201 cm³/mol. The highest BCUT2D eigenvalue weighted by Gasteiger charge is 2.48. The first-order valence-electron chi connectivity index (χ1n) is 19.8. The van der Waals surface area contributed by atoms with E-state index in [9.17, 15) is 46.7 Å². The van der Waals surface area contributed by atoms with Gasteiger partial charge < -0.3 is 35.4 Å². The van der Waals surface area contributed by atoms with Gasteiger partial charge in [0.2, 0.25) is 35.4 Å². The van der Waals surface area contributed by atoms with Crippen LogP contribution in [0.15, 0.2) is 42.5 Å². The second-order valence-corrected chi connectivity index (χ2v) is 15.7. The zero-order valence-corrected chi connectivity index (χ0v) is 32.7. The van der Waals surface area contributed by atoms with Gasteiger partial charge in [-0.3, -0.25) is 28.8 Å². The number of carbonyl (C=O) groups is 7. The van der Waals surface area contributed by atoms with Crippen molar-refractivity contribution in [2.75, 3.05) is 19.6 Å². The number of halogens is 3. The summed E-state index contributed by atoms with van der Waals surface area (Å²) in [6.07, 6.45) is -1.92. The summed E-state index contributed by atoms with van der Waals surface area (Å²) in [5, 5.41) is 7.85. The average Bonchev–Trinajstić information content (AvgIpc) is 3.83. The fourth-order valence-corrected chi connectivity index (χ4v) is 8.27. The number of esters is 1. The maximum atomic E-state index is 14.9. The van der Waals surface area contributed by atoms with Gasteiger partial charge in [-0.05, 0) is 76.1 Å². The maximum absolute atomic E-state index is 14.9. The molecule has 6 amide bonds. The van der Waals surface area contributed by atoms with Crippen LogP contribution in [0.5, 0.6) is 0 Å². The van der Waals surface area contributed by atoms with Crippen LogP contribution in [0.1, 0.15) is 69.1 Å². The minimum atomic E-state index is -1.69. The number of nitrogens with zero attached hydrogens (tertiary/aromatic N) is 3. The number of hydrogen-bond acceptors (Lipinski definition) is 8. The van der Waals surface area contributed by atoms with Crippen LogP contribution in [0.2, 0.25) is 0 Å². The number of amides is 6. The third kappa shape index (κ3) is 9.61. The summed E-state index contributed by atoms with van der Waals surface area (Å²) in [5.74, 6) is -7.15. The lowest BCUT2D eigenvalue weighted by atomic mass is 9.99. The fraction of sp³-hybridized carbons (Fsp3) is 0.537. The molecule has 0 unspecified atom stereocenters. The molecular formula is C41H49F3N6O8. The highest BCUT2D eigenvalue weighted by Crippen LogP contribution is 2.28. The van der Waals surface area contributed by atoms with E-state index in [0.29, 0.717) is 37.3 Å². The molecule has 4 saturated heterocycles. The van der Waals surface area contributed by atoms with Crippen molar-refractivity contribution in [3.05, 3.63) is 70.8 Å². The minimum absolute atomic E-state index is 0.0170. The summed E-state index contributed by atoms with van der Waals surface area (Å²) in [6.45, 7) is 4.44. The Kier molecular flexibility index (Phi) is 13.1. The average molecular weight is 811 g/mol. The van der Waals surface area contributed by atoms with Gasteiger partial charge in [0.15, 0.2) is 0 Å². The van der Waals surface area contributed by atoms with E-state index in [-0.39, 0.29) is 31.5 Å². The Bertz CT molecular complexity index is 1910. The molecule has 17 heteroatoms. The van der Waals surface area contributed by atoms with Gasteiger partial charge >= 0.3 is 5.97 Å². The number of nitrogens with one attached hydrogen (secondary N) is 3. The van der Waals surface area contributed by atoms with Crippen molar-refractivity contribution in [3.63, 3.8) is 0 Å². The van der Waals surface area contributed by atoms with E-state index in [1.165, 1.54) is 23.6 Å². The van der Waals surface area contributed by atoms with Crippen LogP contribution in [0.3, 0.4) is 0 Å². The highest BCUT2D eigenvalue weighted by atomic mass is 19.1. The van der Waals surface area contributed by atoms with E-state index in [0.717, 1.165) is 22.6 Å². The molecular weight excluding hydrogens is 761 g/mol. The molecule has 4 fully saturated rings. The van der Waals surface area contributed by atoms with Gasteiger partial charge in [-0.25, -0.2) is 18.0 Å². The van der Waals surface area contributed by atoms with Crippen molar-refractivity contribution in [1.82, 2.24) is 30.7 Å². The molecule has 0 aromatic heterocycles. The van der Waals surface area contributed by atoms with E-state index >= 15 is 0 Å². The predicted octanol–water partition coefficient (Wildman–Crippen LogP) is 1.79. The molecule has 14 nitrogen and oxygen atoms in total. The Hall–Kier alpha value is -5.48. The Labute approximate surface area is 334 Å². The highest BCUT2D eigenvalue weighted by molar-refractivity contribution is 5.98. The molecule has 58 heavy (non-hydrogen) atoms. The third-order valence-corrected chi connectivity index (χ3v) is 11.3. The van der Waals surface area contributed by atoms with Gasteiger partial charge in [0, 0.05) is 32.0 Å². The second-order valence-electron chi connectivity index (χ2n) is 15.7. The first-order valence-corrected chi connectivity index (χ1v) is 19.8. The molecule has 2 aromatic carbocycles. The summed E-state index contributed by atoms with van der Waals surface area (Å²) < 4.78 is 49.3. The molecule has 4 aliphatic heterocycles. The molecule has 0 spiro atoms. The normalized spacial score (nSPS) is 27.6. The van der Waals surface area contributed by atoms with Gasteiger partial charge in [-0.2, -0.15) is 0 Å². The van der Waals surface area contributed by atoms with Crippen molar-refractivity contribution in [2.24, 2.45) is 0 Å². The molecule has 2 aromatic rings. The Morgan fingerprint density at radius 1 is 0.828 bits per heavy atom. The monoisotopic (exact) mass is 810 g/mol. The quantitative estimate of drug-likeness (QED) is 0.355. The molecule has 8 atom stereocenters. The zero-order valence-electron chi connectivity index (χ0n) is 32.7. The number of alkyl halides is 1. The van der Waals surface area contributed by atoms with E-state index in [4.69, 9.17) is 4.74 Å². The van der Waals surface area contributed by atoms with Gasteiger partial charge in [0.1, 0.15) is 60.2 Å². The largest absolute Gasteiger partial charge is 0.458 e. The first kappa shape index (κ1) is 42.1. The van der Waals surface area contributed by atoms with E-state index in [1.54, 1.807) is 24.3 Å². The van der Waals surface area contributed by atoms with Crippen LogP contribution >= 0.6 is 0 Å². The van der Waals surface area contributed by atoms with E-state index in [2.05, 4.69) is 16.0 Å². The zero-order chi connectivity index (χ0) is 41.8. The number of benzene rings is 2. The smallest absolute Gasteiger partial charge is 0.329 e. The molecule has 6 rings (SSSR count). The summed E-state index contributed by atoms with van der Waals surface area (Å²) in [4.78, 5) is 101. The first-order chi connectivity index (χ1) is 27.6. The summed E-state index contributed by atoms with van der Waals surface area (Å²) in [6, 6.07) is 1.92. The molecule has 4 heterocycles. The third-order valence-electron chi connectivity index (χ3n) is 11.3. The van der Waals surface area contributed by atoms with Crippen LogP contribution < -0.4 is 16.0 Å². The van der Waals surface area contributed by atoms with E-state index in [1.807, 2.05) is 6.92 Å². The number of hydrogen-bond donors (Lipinski definition) is 3. The fourth-order valence-electron chi connectivity index (χ4n) is 8.27. The lowest BCUT2D eigenvalue weighted by molar-refractivity contribution is -0.163. The summed E-state index contributed by atoms with van der Waals surface area (Å²) >= 11 is 0. The van der Waals surface area contributed by atoms with Gasteiger partial charge in [-0.1, -0.05) is 29.8 Å². The maximum Gasteiger partial charge on any atom is 0.329 e. The van der Waals surface area contributed by atoms with Crippen molar-refractivity contribution in [1.29, 1.82) is 0 Å². The number of fused-ring (bicyclic) bond motifs is 3. The Balaban J connectivity index is 1.34. The van der Waals surface area contributed by atoms with Gasteiger partial charge in [-0.15, -0.1) is 0 Å². The Morgan fingerprint density at radius 3 is 2.19 bits per heavy atom. The SMILES string of the molecule is Cc1ccc(CC(=O)N[C@@H](Cc2cc(F)cc(F)c2)C(=O)N[C@@H]2C(=O)N3CCC[C@H]3C(=O)N3CCCC[C@H]3C(=O)N[C@@H](C)C(=O)N3C[C@@H](F)C[C@H]3C(=O)O[C@H]2C)cc1. The standard InChI is InChI=1S/C41H49F3N6O8/c1-22-9-11-25(12-10-22)18-34(51)46-30(17-26-15-27(42)19-28(43)16-26)36(52)47-35-24(3)58-41(57)33-20-29(44)21-50(33)38(54)23(2)45-37(53)31-7-4-5-13-48(31)39(55)32-8-6-14-49(32)40(35)56/h9-12,15-16,19,23-24,29-33,35H,4-8,13-14,17-18,20-21H2,1-3H3,(H,45,53)(H,46,51)(H,47,52)/t23-,24-,29-,30-,31-,32-,33-,35-/m0/s1. The van der Waals surface area contributed by atoms with Crippen LogP contribution in [-0.2, 0) is 51.1 Å². The van der Waals surface area contributed by atoms with Crippen LogP contribution in [0.25, 0.3) is 0 Å². The number of piperidine rings is 1. The van der Waals surface area contributed by atoms with Crippen LogP contribution in [-0.4, -0.2) is 124 Å². The number of carbonyl (C=O) groups excluding carboxylic acids is 7. The van der Waals surface area contributed by atoms with Crippen molar-refractivity contribution in [2.45, 2.75) is 121 Å². The number of aryl methyl sites for hydroxylation is 1. The molecule has 0 bridgehead atoms. The number of ether oxygens (including phenoxy) is 1. The minimum Gasteiger partial charge on any atom is -0.458 e. The van der Waals surface area contributed by atoms with Gasteiger partial charge in [0.05, 0.1) is 13.0 Å². The van der Waals surface area contributed by atoms with Crippen LogP contribution in [0, 0.1) is 18.6 Å². The van der Waals surface area contributed by atoms with Crippen molar-refractivity contribution < 1.29 is 51.5 Å². The molecule has 312 valence electrons. The number of rotatable bonds is 7. The number of cyclic esters (lactones) is 1. The summed E-state index contributed by atoms with van der Waals surface area (Å²) in [5.41, 5.74) is 1.59. The topological polar surface area (TPSA) is 175 Å². The van der Waals surface area contributed by atoms with Crippen molar-refractivity contribution >= 4 is 41.4 Å². The lowest BCUT2D eigenvalue weighted by Gasteiger charge is -2.39. The molecule has 0 radical (unpaired) electrons. The lowest BCUT2D eigenvalue weighted by Crippen LogP contribution is -2.63. The molecule has 0 saturated carbocycles. The molecule has 4 aliphatic rings. The van der Waals surface area contributed by atoms with Crippen LogP contribution in [0.4, 0.5) is 13.2 Å². The molecule has 0 aliphatic carbocycles. The van der Waals surface area contributed by atoms with Crippen molar-refractivity contribution in [3.8, 4) is 0 Å². The Morgan fingerprint density at radius 2 is 1.48 bits per heavy atom.